The summed E-state index contributed by atoms with van der Waals surface area (Å²) in [4.78, 5) is 4.25. The summed E-state index contributed by atoms with van der Waals surface area (Å²) in [6.07, 6.45) is 19.6. The number of aliphatic hydroxyl groups excluding tert-OH is 1. The van der Waals surface area contributed by atoms with Gasteiger partial charge in [0.25, 0.3) is 0 Å². The summed E-state index contributed by atoms with van der Waals surface area (Å²) in [6.45, 7) is 11.1. The van der Waals surface area contributed by atoms with Gasteiger partial charge in [0.1, 0.15) is 0 Å². The maximum atomic E-state index is 10.8. The largest absolute Gasteiger partial charge is 0.388 e. The van der Waals surface area contributed by atoms with Gasteiger partial charge in [0.2, 0.25) is 0 Å². The summed E-state index contributed by atoms with van der Waals surface area (Å²) in [5.41, 5.74) is 8.41. The first-order chi connectivity index (χ1) is 18.6. The molecule has 5 heteroatoms. The number of hydrogen-bond acceptors (Lipinski definition) is 5. The maximum Gasteiger partial charge on any atom is 0.0885 e. The molecule has 0 bridgehead atoms. The minimum atomic E-state index is -0.687. The van der Waals surface area contributed by atoms with E-state index in [1.807, 2.05) is 56.3 Å². The fraction of sp³-hybridized carbons (Fsp3) is 0.303. The molecule has 5 nitrogen and oxygen atoms in total. The Morgan fingerprint density at radius 3 is 2.79 bits per heavy atom. The van der Waals surface area contributed by atoms with Gasteiger partial charge < -0.3 is 5.11 Å². The summed E-state index contributed by atoms with van der Waals surface area (Å²) in [5, 5.41) is 21.4. The minimum Gasteiger partial charge on any atom is -0.388 e. The van der Waals surface area contributed by atoms with Crippen LogP contribution in [0.25, 0.3) is 5.57 Å². The van der Waals surface area contributed by atoms with Gasteiger partial charge in [-0.1, -0.05) is 85.9 Å². The summed E-state index contributed by atoms with van der Waals surface area (Å²) in [7, 11) is 0. The molecule has 0 amide bonds. The van der Waals surface area contributed by atoms with E-state index < -0.39 is 6.10 Å². The molecule has 38 heavy (non-hydrogen) atoms. The lowest BCUT2D eigenvalue weighted by Crippen LogP contribution is -2.18. The summed E-state index contributed by atoms with van der Waals surface area (Å²) < 4.78 is 0. The van der Waals surface area contributed by atoms with Crippen LogP contribution in [0, 0.1) is 6.92 Å². The van der Waals surface area contributed by atoms with E-state index in [0.717, 1.165) is 36.2 Å². The molecule has 2 aromatic rings. The van der Waals surface area contributed by atoms with Gasteiger partial charge in [0, 0.05) is 36.5 Å². The molecule has 0 fully saturated rings. The highest BCUT2D eigenvalue weighted by Crippen LogP contribution is 2.45. The molecule has 1 N–H and O–H groups in total. The highest BCUT2D eigenvalue weighted by atomic mass is 16.3. The second kappa shape index (κ2) is 13.1. The molecule has 0 spiro atoms. The smallest absolute Gasteiger partial charge is 0.0885 e. The Kier molecular flexibility index (Phi) is 9.39. The number of rotatable bonds is 8. The van der Waals surface area contributed by atoms with E-state index in [-0.39, 0.29) is 5.92 Å². The van der Waals surface area contributed by atoms with Gasteiger partial charge in [0.05, 0.1) is 12.6 Å². The van der Waals surface area contributed by atoms with Crippen molar-refractivity contribution in [2.45, 2.75) is 51.6 Å². The fourth-order valence-corrected chi connectivity index (χ4v) is 5.23. The van der Waals surface area contributed by atoms with Crippen molar-refractivity contribution in [1.29, 1.82) is 0 Å². The number of aliphatic hydroxyl groups is 1. The lowest BCUT2D eigenvalue weighted by atomic mass is 9.92. The molecule has 1 aromatic carbocycles. The van der Waals surface area contributed by atoms with Crippen molar-refractivity contribution >= 4 is 5.57 Å². The quantitative estimate of drug-likeness (QED) is 0.375. The number of pyridine rings is 1. The van der Waals surface area contributed by atoms with Gasteiger partial charge in [0.15, 0.2) is 0 Å². The van der Waals surface area contributed by atoms with Crippen molar-refractivity contribution < 1.29 is 5.11 Å². The van der Waals surface area contributed by atoms with Crippen LogP contribution >= 0.6 is 0 Å². The van der Waals surface area contributed by atoms with Crippen LogP contribution in [0.4, 0.5) is 0 Å². The third-order valence-corrected chi connectivity index (χ3v) is 6.99. The lowest BCUT2D eigenvalue weighted by molar-refractivity contribution is 0.207. The summed E-state index contributed by atoms with van der Waals surface area (Å²) >= 11 is 0. The zero-order valence-corrected chi connectivity index (χ0v) is 22.7. The molecule has 3 atom stereocenters. The van der Waals surface area contributed by atoms with Crippen molar-refractivity contribution in [2.24, 2.45) is 10.3 Å². The maximum absolute atomic E-state index is 10.8. The van der Waals surface area contributed by atoms with Crippen LogP contribution in [0.5, 0.6) is 0 Å². The van der Waals surface area contributed by atoms with Crippen molar-refractivity contribution in [3.05, 3.63) is 131 Å². The molecule has 3 unspecified atom stereocenters. The first kappa shape index (κ1) is 27.2. The number of benzene rings is 1. The first-order valence-corrected chi connectivity index (χ1v) is 13.6. The predicted molar refractivity (Wildman–Crippen MR) is 157 cm³/mol. The van der Waals surface area contributed by atoms with E-state index >= 15 is 0 Å². The SMILES string of the molecule is C=CC(c1ccnc(C)c1)C(O)/C=C/C1=CN(CCC2C3=C(C=CCC=C3)c3ccccc32)N=NC1.CC. The summed E-state index contributed by atoms with van der Waals surface area (Å²) in [6, 6.07) is 12.6. The van der Waals surface area contributed by atoms with Gasteiger partial charge in [-0.3, -0.25) is 9.99 Å². The van der Waals surface area contributed by atoms with Gasteiger partial charge in [-0.2, -0.15) is 5.11 Å². The Morgan fingerprint density at radius 2 is 1.97 bits per heavy atom. The van der Waals surface area contributed by atoms with Gasteiger partial charge in [-0.15, -0.1) is 6.58 Å². The van der Waals surface area contributed by atoms with Crippen LogP contribution in [0.1, 0.15) is 60.9 Å². The Hall–Kier alpha value is -3.83. The fourth-order valence-electron chi connectivity index (χ4n) is 5.23. The molecular formula is C33H38N4O. The minimum absolute atomic E-state index is 0.198. The number of aryl methyl sites for hydroxylation is 1. The van der Waals surface area contributed by atoms with Crippen molar-refractivity contribution in [3.63, 3.8) is 0 Å². The van der Waals surface area contributed by atoms with Crippen LogP contribution in [-0.4, -0.2) is 34.3 Å². The number of allylic oxidation sites excluding steroid dienone is 6. The highest BCUT2D eigenvalue weighted by Gasteiger charge is 2.29. The normalized spacial score (nSPS) is 19.3. The molecular weight excluding hydrogens is 468 g/mol. The van der Waals surface area contributed by atoms with Crippen molar-refractivity contribution in [2.75, 3.05) is 13.1 Å². The number of aromatic nitrogens is 1. The lowest BCUT2D eigenvalue weighted by Gasteiger charge is -2.22. The molecule has 2 aliphatic carbocycles. The Labute approximate surface area is 227 Å². The second-order valence-corrected chi connectivity index (χ2v) is 9.44. The van der Waals surface area contributed by atoms with E-state index in [2.05, 4.69) is 70.5 Å². The van der Waals surface area contributed by atoms with Crippen molar-refractivity contribution in [1.82, 2.24) is 9.99 Å². The third-order valence-electron chi connectivity index (χ3n) is 6.99. The van der Waals surface area contributed by atoms with Gasteiger partial charge in [-0.05, 0) is 65.3 Å². The van der Waals surface area contributed by atoms with E-state index in [1.54, 1.807) is 12.3 Å². The van der Waals surface area contributed by atoms with E-state index in [0.29, 0.717) is 12.5 Å². The average molecular weight is 507 g/mol. The average Bonchev–Trinajstić information content (AvgIpc) is 3.07. The van der Waals surface area contributed by atoms with E-state index in [4.69, 9.17) is 0 Å². The zero-order chi connectivity index (χ0) is 26.9. The second-order valence-electron chi connectivity index (χ2n) is 9.44. The summed E-state index contributed by atoms with van der Waals surface area (Å²) in [5.74, 6) is 0.148. The Balaban J connectivity index is 0.00000164. The topological polar surface area (TPSA) is 61.1 Å². The molecule has 0 radical (unpaired) electrons. The van der Waals surface area contributed by atoms with Crippen LogP contribution in [0.15, 0.2) is 119 Å². The molecule has 196 valence electrons. The highest BCUT2D eigenvalue weighted by molar-refractivity contribution is 5.86. The van der Waals surface area contributed by atoms with E-state index in [1.165, 1.54) is 22.3 Å². The third kappa shape index (κ3) is 6.17. The van der Waals surface area contributed by atoms with Crippen LogP contribution in [0.3, 0.4) is 0 Å². The van der Waals surface area contributed by atoms with Gasteiger partial charge >= 0.3 is 0 Å². The molecule has 0 saturated carbocycles. The predicted octanol–water partition coefficient (Wildman–Crippen LogP) is 7.63. The van der Waals surface area contributed by atoms with Crippen molar-refractivity contribution in [3.8, 4) is 0 Å². The zero-order valence-electron chi connectivity index (χ0n) is 22.7. The molecule has 3 aliphatic rings. The Bertz CT molecular complexity index is 1310. The van der Waals surface area contributed by atoms with Crippen LogP contribution < -0.4 is 0 Å². The molecule has 5 rings (SSSR count). The Morgan fingerprint density at radius 1 is 1.16 bits per heavy atom. The van der Waals surface area contributed by atoms with E-state index in [9.17, 15) is 5.11 Å². The monoisotopic (exact) mass is 506 g/mol. The number of nitrogens with zero attached hydrogens (tertiary/aromatic N) is 4. The number of hydrogen-bond donors (Lipinski definition) is 1. The molecule has 1 aliphatic heterocycles. The molecule has 1 aromatic heterocycles. The number of fused-ring (bicyclic) bond motifs is 2. The standard InChI is InChI=1S/C31H32N4O.C2H6/c1-3-25(24-15-17-32-22(2)19-24)31(36)14-13-23-20-33-34-35(21-23)18-16-30-28-10-6-4-5-9-26(28)27-11-7-8-12-29(27)30;1-2/h3,5-15,17,19,21,25,30-31,36H,1,4,16,18,20H2,2H3;1-2H3/b14-13+;. The van der Waals surface area contributed by atoms with Crippen LogP contribution in [-0.2, 0) is 0 Å². The first-order valence-electron chi connectivity index (χ1n) is 13.6. The molecule has 2 heterocycles. The van der Waals surface area contributed by atoms with Gasteiger partial charge in [-0.25, -0.2) is 0 Å². The van der Waals surface area contributed by atoms with Crippen LogP contribution in [0.2, 0.25) is 0 Å². The molecule has 0 saturated heterocycles.